The third-order valence-electron chi connectivity index (χ3n) is 3.48. The molecule has 1 fully saturated rings. The van der Waals surface area contributed by atoms with E-state index in [4.69, 9.17) is 0 Å². The number of likely N-dealkylation sites (tertiary alicyclic amines) is 1. The fraction of sp³-hybridized carbons (Fsp3) is 0.385. The summed E-state index contributed by atoms with van der Waals surface area (Å²) in [5.74, 6) is -1.28. The van der Waals surface area contributed by atoms with Crippen LogP contribution in [0, 0.1) is 11.6 Å². The predicted octanol–water partition coefficient (Wildman–Crippen LogP) is 2.81. The minimum absolute atomic E-state index is 0.265. The van der Waals surface area contributed by atoms with Gasteiger partial charge >= 0.3 is 0 Å². The van der Waals surface area contributed by atoms with E-state index in [1.165, 1.54) is 23.7 Å². The first-order valence-corrected chi connectivity index (χ1v) is 6.99. The summed E-state index contributed by atoms with van der Waals surface area (Å²) in [6.07, 6.45) is 0.961. The first-order chi connectivity index (χ1) is 9.22. The van der Waals surface area contributed by atoms with Crippen LogP contribution in [-0.2, 0) is 6.54 Å². The number of halogens is 2. The Kier molecular flexibility index (Phi) is 3.52. The van der Waals surface area contributed by atoms with Gasteiger partial charge in [0.25, 0.3) is 0 Å². The van der Waals surface area contributed by atoms with Crippen molar-refractivity contribution in [3.05, 3.63) is 46.5 Å². The fourth-order valence-electron chi connectivity index (χ4n) is 2.50. The van der Waals surface area contributed by atoms with Gasteiger partial charge in [0.2, 0.25) is 0 Å². The van der Waals surface area contributed by atoms with Crippen LogP contribution in [0.1, 0.15) is 23.6 Å². The maximum Gasteiger partial charge on any atom is 0.159 e. The lowest BCUT2D eigenvalue weighted by atomic mass is 9.98. The number of hydrogen-bond acceptors (Lipinski definition) is 4. The quantitative estimate of drug-likeness (QED) is 0.866. The Morgan fingerprint density at radius 1 is 1.32 bits per heavy atom. The molecule has 1 saturated heterocycles. The molecule has 0 amide bonds. The maximum atomic E-state index is 13.2. The van der Waals surface area contributed by atoms with Crippen molar-refractivity contribution in [2.45, 2.75) is 18.9 Å². The van der Waals surface area contributed by atoms with Crippen molar-refractivity contribution >= 4 is 11.5 Å². The smallest absolute Gasteiger partial charge is 0.159 e. The standard InChI is InChI=1S/C13H13F2N3S/c14-12-2-1-9(5-13(12)15)10-3-4-18(6-10)7-11-8-19-17-16-11/h1-2,5,8,10H,3-4,6-7H2. The van der Waals surface area contributed by atoms with Crippen molar-refractivity contribution in [1.29, 1.82) is 0 Å². The van der Waals surface area contributed by atoms with Crippen LogP contribution in [0.5, 0.6) is 0 Å². The van der Waals surface area contributed by atoms with Crippen LogP contribution in [0.25, 0.3) is 0 Å². The summed E-state index contributed by atoms with van der Waals surface area (Å²) in [7, 11) is 0. The second-order valence-corrected chi connectivity index (χ2v) is 5.40. The van der Waals surface area contributed by atoms with E-state index in [-0.39, 0.29) is 5.92 Å². The molecule has 19 heavy (non-hydrogen) atoms. The van der Waals surface area contributed by atoms with Crippen LogP contribution >= 0.6 is 11.5 Å². The topological polar surface area (TPSA) is 29.0 Å². The minimum atomic E-state index is -0.785. The van der Waals surface area contributed by atoms with Crippen LogP contribution in [0.4, 0.5) is 8.78 Å². The Bertz CT molecular complexity index is 559. The minimum Gasteiger partial charge on any atom is -0.297 e. The lowest BCUT2D eigenvalue weighted by Crippen LogP contribution is -2.20. The Labute approximate surface area is 114 Å². The van der Waals surface area contributed by atoms with Crippen molar-refractivity contribution in [1.82, 2.24) is 14.5 Å². The highest BCUT2D eigenvalue weighted by Crippen LogP contribution is 2.28. The van der Waals surface area contributed by atoms with Gasteiger partial charge in [-0.25, -0.2) is 8.78 Å². The van der Waals surface area contributed by atoms with Gasteiger partial charge in [0.1, 0.15) is 0 Å². The normalized spacial score (nSPS) is 20.0. The lowest BCUT2D eigenvalue weighted by molar-refractivity contribution is 0.322. The van der Waals surface area contributed by atoms with Crippen molar-refractivity contribution < 1.29 is 8.78 Å². The third-order valence-corrected chi connectivity index (χ3v) is 4.03. The second-order valence-electron chi connectivity index (χ2n) is 4.79. The molecule has 1 aliphatic heterocycles. The first-order valence-electron chi connectivity index (χ1n) is 6.15. The van der Waals surface area contributed by atoms with Gasteiger partial charge in [0.15, 0.2) is 11.6 Å². The van der Waals surface area contributed by atoms with Gasteiger partial charge in [0.05, 0.1) is 5.69 Å². The lowest BCUT2D eigenvalue weighted by Gasteiger charge is -2.14. The van der Waals surface area contributed by atoms with Gasteiger partial charge in [-0.05, 0) is 48.1 Å². The Morgan fingerprint density at radius 2 is 2.21 bits per heavy atom. The SMILES string of the molecule is Fc1ccc(C2CCN(Cc3csnn3)C2)cc1F. The average molecular weight is 281 g/mol. The Hall–Kier alpha value is -1.40. The molecule has 0 N–H and O–H groups in total. The summed E-state index contributed by atoms with van der Waals surface area (Å²) in [6, 6.07) is 4.20. The molecular formula is C13H13F2N3S. The number of hydrogen-bond donors (Lipinski definition) is 0. The van der Waals surface area contributed by atoms with Gasteiger partial charge in [-0.15, -0.1) is 5.10 Å². The number of aromatic nitrogens is 2. The molecule has 0 aliphatic carbocycles. The molecule has 3 nitrogen and oxygen atoms in total. The highest BCUT2D eigenvalue weighted by Gasteiger charge is 2.25. The van der Waals surface area contributed by atoms with Gasteiger partial charge < -0.3 is 0 Å². The van der Waals surface area contributed by atoms with E-state index in [2.05, 4.69) is 14.5 Å². The van der Waals surface area contributed by atoms with E-state index in [1.54, 1.807) is 6.07 Å². The van der Waals surface area contributed by atoms with Crippen LogP contribution in [0.15, 0.2) is 23.6 Å². The molecular weight excluding hydrogens is 268 g/mol. The van der Waals surface area contributed by atoms with Crippen LogP contribution < -0.4 is 0 Å². The highest BCUT2D eigenvalue weighted by atomic mass is 32.1. The summed E-state index contributed by atoms with van der Waals surface area (Å²) < 4.78 is 30.0. The zero-order valence-electron chi connectivity index (χ0n) is 10.2. The van der Waals surface area contributed by atoms with Crippen molar-refractivity contribution in [3.63, 3.8) is 0 Å². The van der Waals surface area contributed by atoms with Gasteiger partial charge in [0, 0.05) is 18.5 Å². The molecule has 6 heteroatoms. The van der Waals surface area contributed by atoms with Crippen molar-refractivity contribution in [2.75, 3.05) is 13.1 Å². The molecule has 100 valence electrons. The van der Waals surface area contributed by atoms with Crippen LogP contribution in [0.3, 0.4) is 0 Å². The van der Waals surface area contributed by atoms with Gasteiger partial charge in [-0.2, -0.15) is 0 Å². The summed E-state index contributed by atoms with van der Waals surface area (Å²) >= 11 is 1.34. The van der Waals surface area contributed by atoms with E-state index in [0.717, 1.165) is 37.3 Å². The molecule has 1 aromatic carbocycles. The largest absolute Gasteiger partial charge is 0.297 e. The first kappa shape index (κ1) is 12.6. The van der Waals surface area contributed by atoms with Crippen molar-refractivity contribution in [2.24, 2.45) is 0 Å². The molecule has 3 rings (SSSR count). The predicted molar refractivity (Wildman–Crippen MR) is 68.9 cm³/mol. The molecule has 2 aromatic rings. The van der Waals surface area contributed by atoms with E-state index < -0.39 is 11.6 Å². The molecule has 2 heterocycles. The number of rotatable bonds is 3. The van der Waals surface area contributed by atoms with Gasteiger partial charge in [-0.3, -0.25) is 4.90 Å². The molecule has 0 radical (unpaired) electrons. The van der Waals surface area contributed by atoms with Crippen molar-refractivity contribution in [3.8, 4) is 0 Å². The fourth-order valence-corrected chi connectivity index (χ4v) is 2.94. The van der Waals surface area contributed by atoms with Crippen LogP contribution in [-0.4, -0.2) is 27.6 Å². The summed E-state index contributed by atoms with van der Waals surface area (Å²) in [5, 5.41) is 5.96. The van der Waals surface area contributed by atoms with Crippen LogP contribution in [0.2, 0.25) is 0 Å². The van der Waals surface area contributed by atoms with E-state index in [1.807, 2.05) is 5.38 Å². The second kappa shape index (κ2) is 5.30. The number of nitrogens with zero attached hydrogens (tertiary/aromatic N) is 3. The van der Waals surface area contributed by atoms with E-state index >= 15 is 0 Å². The molecule has 1 aromatic heterocycles. The molecule has 1 aliphatic rings. The highest BCUT2D eigenvalue weighted by molar-refractivity contribution is 7.03. The number of benzene rings is 1. The summed E-state index contributed by atoms with van der Waals surface area (Å²) in [6.45, 7) is 2.57. The Morgan fingerprint density at radius 3 is 2.95 bits per heavy atom. The van der Waals surface area contributed by atoms with Gasteiger partial charge in [-0.1, -0.05) is 10.6 Å². The maximum absolute atomic E-state index is 13.2. The summed E-state index contributed by atoms with van der Waals surface area (Å²) in [4.78, 5) is 2.27. The zero-order chi connectivity index (χ0) is 13.2. The van der Waals surface area contributed by atoms with E-state index in [9.17, 15) is 8.78 Å². The van der Waals surface area contributed by atoms with E-state index in [0.29, 0.717) is 0 Å². The molecule has 1 atom stereocenters. The third kappa shape index (κ3) is 2.79. The summed E-state index contributed by atoms with van der Waals surface area (Å²) in [5.41, 5.74) is 1.84. The molecule has 0 saturated carbocycles. The molecule has 0 bridgehead atoms. The zero-order valence-corrected chi connectivity index (χ0v) is 11.0. The Balaban J connectivity index is 1.66. The average Bonchev–Trinajstić information content (AvgIpc) is 3.05. The molecule has 1 unspecified atom stereocenters. The molecule has 0 spiro atoms. The monoisotopic (exact) mass is 281 g/mol.